The van der Waals surface area contributed by atoms with E-state index in [1.54, 1.807) is 0 Å². The van der Waals surface area contributed by atoms with E-state index in [0.717, 1.165) is 23.4 Å². The molecule has 8 heteroatoms. The van der Waals surface area contributed by atoms with Gasteiger partial charge in [0.05, 0.1) is 24.5 Å². The van der Waals surface area contributed by atoms with E-state index in [4.69, 9.17) is 0 Å². The standard InChI is InChI=1S/C22H24F3N3O2/c1-14(2)19-13-27(17-7-8-20(26-11-17)22(23,24)25)21(30)28(19)12-18(29)10-16-6-4-5-15(3)9-16/h4-9,11,14,19H,10,12-13H2,1-3H3. The fraction of sp³-hybridized carbons (Fsp3) is 0.409. The van der Waals surface area contributed by atoms with Crippen molar-refractivity contribution in [3.8, 4) is 0 Å². The average molecular weight is 419 g/mol. The highest BCUT2D eigenvalue weighted by Crippen LogP contribution is 2.31. The Morgan fingerprint density at radius 1 is 1.23 bits per heavy atom. The molecule has 1 atom stereocenters. The summed E-state index contributed by atoms with van der Waals surface area (Å²) in [6.07, 6.45) is -3.27. The number of halogens is 3. The minimum Gasteiger partial charge on any atom is -0.312 e. The number of hydrogen-bond acceptors (Lipinski definition) is 3. The molecule has 160 valence electrons. The number of alkyl halides is 3. The quantitative estimate of drug-likeness (QED) is 0.693. The number of Topliss-reactive ketones (excluding diaryl/α,β-unsaturated/α-hetero) is 1. The maximum Gasteiger partial charge on any atom is 0.433 e. The van der Waals surface area contributed by atoms with Crippen LogP contribution in [0.2, 0.25) is 0 Å². The Bertz CT molecular complexity index is 926. The van der Waals surface area contributed by atoms with Crippen LogP contribution in [0.15, 0.2) is 42.6 Å². The number of nitrogens with zero attached hydrogens (tertiary/aromatic N) is 3. The Kier molecular flexibility index (Phi) is 6.14. The molecule has 2 aromatic rings. The molecule has 1 fully saturated rings. The molecule has 5 nitrogen and oxygen atoms in total. The molecule has 1 aromatic carbocycles. The SMILES string of the molecule is Cc1cccc(CC(=O)CN2C(=O)N(c3ccc(C(F)(F)F)nc3)CC2C(C)C)c1. The van der Waals surface area contributed by atoms with Gasteiger partial charge in [0.2, 0.25) is 0 Å². The van der Waals surface area contributed by atoms with Gasteiger partial charge in [-0.2, -0.15) is 13.2 Å². The first-order valence-corrected chi connectivity index (χ1v) is 9.75. The monoisotopic (exact) mass is 419 g/mol. The maximum atomic E-state index is 13.0. The summed E-state index contributed by atoms with van der Waals surface area (Å²) in [7, 11) is 0. The first-order chi connectivity index (χ1) is 14.1. The number of amides is 2. The van der Waals surface area contributed by atoms with Crippen molar-refractivity contribution in [1.82, 2.24) is 9.88 Å². The topological polar surface area (TPSA) is 53.5 Å². The highest BCUT2D eigenvalue weighted by Gasteiger charge is 2.41. The van der Waals surface area contributed by atoms with Crippen molar-refractivity contribution >= 4 is 17.5 Å². The van der Waals surface area contributed by atoms with Gasteiger partial charge >= 0.3 is 12.2 Å². The molecule has 3 rings (SSSR count). The van der Waals surface area contributed by atoms with Crippen LogP contribution >= 0.6 is 0 Å². The number of urea groups is 1. The number of carbonyl (C=O) groups is 2. The van der Waals surface area contributed by atoms with Crippen molar-refractivity contribution in [3.63, 3.8) is 0 Å². The van der Waals surface area contributed by atoms with Gasteiger partial charge in [0.15, 0.2) is 5.78 Å². The second-order valence-corrected chi connectivity index (χ2v) is 7.94. The first-order valence-electron chi connectivity index (χ1n) is 9.75. The predicted molar refractivity (Wildman–Crippen MR) is 107 cm³/mol. The summed E-state index contributed by atoms with van der Waals surface area (Å²) in [5.74, 6) is -0.0138. The van der Waals surface area contributed by atoms with Gasteiger partial charge in [-0.1, -0.05) is 43.7 Å². The van der Waals surface area contributed by atoms with Crippen LogP contribution in [-0.2, 0) is 17.4 Å². The zero-order chi connectivity index (χ0) is 22.1. The van der Waals surface area contributed by atoms with E-state index in [1.807, 2.05) is 45.0 Å². The number of ketones is 1. The lowest BCUT2D eigenvalue weighted by Gasteiger charge is -2.25. The number of aromatic nitrogens is 1. The fourth-order valence-electron chi connectivity index (χ4n) is 3.64. The number of hydrogen-bond donors (Lipinski definition) is 0. The molecule has 0 N–H and O–H groups in total. The largest absolute Gasteiger partial charge is 0.433 e. The van der Waals surface area contributed by atoms with Gasteiger partial charge < -0.3 is 4.90 Å². The predicted octanol–water partition coefficient (Wildman–Crippen LogP) is 4.49. The molecule has 1 aliphatic heterocycles. The molecule has 0 aliphatic carbocycles. The van der Waals surface area contributed by atoms with Gasteiger partial charge in [0, 0.05) is 13.0 Å². The van der Waals surface area contributed by atoms with Crippen molar-refractivity contribution in [3.05, 3.63) is 59.4 Å². The van der Waals surface area contributed by atoms with Crippen molar-refractivity contribution in [2.45, 2.75) is 39.4 Å². The zero-order valence-electron chi connectivity index (χ0n) is 17.1. The molecule has 2 amide bonds. The minimum atomic E-state index is -4.54. The summed E-state index contributed by atoms with van der Waals surface area (Å²) >= 11 is 0. The number of aryl methyl sites for hydroxylation is 1. The van der Waals surface area contributed by atoms with Gasteiger partial charge in [-0.15, -0.1) is 0 Å². The van der Waals surface area contributed by atoms with E-state index in [1.165, 1.54) is 15.9 Å². The molecular weight excluding hydrogens is 395 g/mol. The van der Waals surface area contributed by atoms with Crippen LogP contribution in [0.4, 0.5) is 23.7 Å². The van der Waals surface area contributed by atoms with Gasteiger partial charge in [-0.3, -0.25) is 9.69 Å². The first kappa shape index (κ1) is 21.8. The molecule has 1 saturated heterocycles. The molecular formula is C22H24F3N3O2. The van der Waals surface area contributed by atoms with Crippen molar-refractivity contribution in [1.29, 1.82) is 0 Å². The molecule has 1 aromatic heterocycles. The van der Waals surface area contributed by atoms with Crippen LogP contribution in [0.3, 0.4) is 0 Å². The van der Waals surface area contributed by atoms with Crippen LogP contribution in [0.5, 0.6) is 0 Å². The van der Waals surface area contributed by atoms with E-state index in [9.17, 15) is 22.8 Å². The van der Waals surface area contributed by atoms with Gasteiger partial charge in [0.25, 0.3) is 0 Å². The van der Waals surface area contributed by atoms with Crippen LogP contribution in [0.25, 0.3) is 0 Å². The lowest BCUT2D eigenvalue weighted by molar-refractivity contribution is -0.141. The smallest absolute Gasteiger partial charge is 0.312 e. The second kappa shape index (κ2) is 8.45. The Labute approximate surface area is 173 Å². The lowest BCUT2D eigenvalue weighted by Crippen LogP contribution is -2.41. The van der Waals surface area contributed by atoms with E-state index >= 15 is 0 Å². The van der Waals surface area contributed by atoms with Crippen LogP contribution < -0.4 is 4.90 Å². The van der Waals surface area contributed by atoms with Crippen molar-refractivity contribution in [2.24, 2.45) is 5.92 Å². The zero-order valence-corrected chi connectivity index (χ0v) is 17.1. The third-order valence-corrected chi connectivity index (χ3v) is 5.20. The highest BCUT2D eigenvalue weighted by molar-refractivity contribution is 5.97. The average Bonchev–Trinajstić information content (AvgIpc) is 2.98. The highest BCUT2D eigenvalue weighted by atomic mass is 19.4. The molecule has 1 aliphatic rings. The second-order valence-electron chi connectivity index (χ2n) is 7.94. The summed E-state index contributed by atoms with van der Waals surface area (Å²) in [6, 6.07) is 9.12. The van der Waals surface area contributed by atoms with E-state index in [0.29, 0.717) is 6.54 Å². The summed E-state index contributed by atoms with van der Waals surface area (Å²) in [6.45, 7) is 6.10. The molecule has 0 spiro atoms. The van der Waals surface area contributed by atoms with E-state index in [2.05, 4.69) is 4.98 Å². The Hall–Kier alpha value is -2.90. The Morgan fingerprint density at radius 3 is 2.53 bits per heavy atom. The summed E-state index contributed by atoms with van der Waals surface area (Å²) in [5.41, 5.74) is 1.21. The van der Waals surface area contributed by atoms with E-state index < -0.39 is 17.9 Å². The number of benzene rings is 1. The summed E-state index contributed by atoms with van der Waals surface area (Å²) in [5, 5.41) is 0. The summed E-state index contributed by atoms with van der Waals surface area (Å²) < 4.78 is 38.3. The van der Waals surface area contributed by atoms with Crippen LogP contribution in [0.1, 0.15) is 30.7 Å². The van der Waals surface area contributed by atoms with Crippen LogP contribution in [-0.4, -0.2) is 40.8 Å². The van der Waals surface area contributed by atoms with Gasteiger partial charge in [-0.05, 0) is 30.5 Å². The maximum absolute atomic E-state index is 13.0. The molecule has 0 saturated carbocycles. The number of carbonyl (C=O) groups excluding carboxylic acids is 2. The molecule has 1 unspecified atom stereocenters. The lowest BCUT2D eigenvalue weighted by atomic mass is 10.0. The number of pyridine rings is 1. The number of anilines is 1. The minimum absolute atomic E-state index is 0.0415. The molecule has 0 radical (unpaired) electrons. The van der Waals surface area contributed by atoms with Gasteiger partial charge in [-0.25, -0.2) is 9.78 Å². The Morgan fingerprint density at radius 2 is 1.97 bits per heavy atom. The van der Waals surface area contributed by atoms with Crippen molar-refractivity contribution in [2.75, 3.05) is 18.0 Å². The third-order valence-electron chi connectivity index (χ3n) is 5.20. The molecule has 2 heterocycles. The van der Waals surface area contributed by atoms with E-state index in [-0.39, 0.29) is 36.4 Å². The van der Waals surface area contributed by atoms with Crippen LogP contribution in [0, 0.1) is 12.8 Å². The molecule has 30 heavy (non-hydrogen) atoms. The Balaban J connectivity index is 1.75. The molecule has 0 bridgehead atoms. The fourth-order valence-corrected chi connectivity index (χ4v) is 3.64. The normalized spacial score (nSPS) is 17.2. The van der Waals surface area contributed by atoms with Gasteiger partial charge in [0.1, 0.15) is 5.69 Å². The van der Waals surface area contributed by atoms with Crippen molar-refractivity contribution < 1.29 is 22.8 Å². The number of rotatable bonds is 6. The third kappa shape index (κ3) is 4.80. The summed E-state index contributed by atoms with van der Waals surface area (Å²) in [4.78, 5) is 32.0.